The molecule has 1 heteroatoms. The summed E-state index contributed by atoms with van der Waals surface area (Å²) in [6.07, 6.45) is 9.16. The van der Waals surface area contributed by atoms with Crippen molar-refractivity contribution in [3.8, 4) is 33.4 Å². The molecule has 296 valence electrons. The number of benzene rings is 7. The Hall–Kier alpha value is -5.40. The van der Waals surface area contributed by atoms with Crippen LogP contribution in [0, 0.1) is 53.4 Å². The second kappa shape index (κ2) is 14.1. The van der Waals surface area contributed by atoms with Crippen LogP contribution in [0.2, 0.25) is 0 Å². The third kappa shape index (κ3) is 6.18. The lowest BCUT2D eigenvalue weighted by Crippen LogP contribution is -2.56. The molecule has 0 heterocycles. The Morgan fingerprint density at radius 3 is 1.47 bits per heavy atom. The first-order valence-electron chi connectivity index (χ1n) is 22.7. The van der Waals surface area contributed by atoms with E-state index in [9.17, 15) is 0 Å². The summed E-state index contributed by atoms with van der Waals surface area (Å²) in [6.45, 7) is 13.9. The van der Waals surface area contributed by atoms with Crippen molar-refractivity contribution < 1.29 is 0 Å². The first-order valence-corrected chi connectivity index (χ1v) is 22.7. The number of hydrogen-bond donors (Lipinski definition) is 0. The van der Waals surface area contributed by atoms with Crippen molar-refractivity contribution in [2.24, 2.45) is 11.8 Å². The Morgan fingerprint density at radius 1 is 0.433 bits per heavy atom. The van der Waals surface area contributed by atoms with Gasteiger partial charge in [-0.2, -0.15) is 0 Å². The average Bonchev–Trinajstić information content (AvgIpc) is 3.60. The van der Waals surface area contributed by atoms with E-state index in [-0.39, 0.29) is 17.5 Å². The highest BCUT2D eigenvalue weighted by atomic mass is 14.6. The summed E-state index contributed by atoms with van der Waals surface area (Å²) in [5.41, 5.74) is 27.2. The maximum Gasteiger partial charge on any atom is 0.242 e. The van der Waals surface area contributed by atoms with Gasteiger partial charge in [-0.15, -0.1) is 0 Å². The molecule has 0 aliphatic heterocycles. The summed E-state index contributed by atoms with van der Waals surface area (Å²) < 4.78 is 0. The van der Waals surface area contributed by atoms with Gasteiger partial charge in [0.2, 0.25) is 6.71 Å². The van der Waals surface area contributed by atoms with E-state index in [1.165, 1.54) is 133 Å². The number of fused-ring (bicyclic) bond motifs is 3. The lowest BCUT2D eigenvalue weighted by Gasteiger charge is -2.63. The van der Waals surface area contributed by atoms with E-state index in [2.05, 4.69) is 181 Å². The summed E-state index contributed by atoms with van der Waals surface area (Å²) in [5, 5.41) is 0. The van der Waals surface area contributed by atoms with Crippen LogP contribution in [0.1, 0.15) is 94.2 Å². The van der Waals surface area contributed by atoms with E-state index < -0.39 is 0 Å². The van der Waals surface area contributed by atoms with Crippen LogP contribution in [-0.4, -0.2) is 6.71 Å². The van der Waals surface area contributed by atoms with Crippen LogP contribution in [0.25, 0.3) is 33.4 Å². The smallest absolute Gasteiger partial charge is 0.0680 e. The molecule has 5 aliphatic rings. The monoisotopic (exact) mass is 776 g/mol. The van der Waals surface area contributed by atoms with Crippen molar-refractivity contribution in [3.05, 3.63) is 195 Å². The minimum atomic E-state index is 0.175. The number of aryl methyl sites for hydroxylation is 6. The van der Waals surface area contributed by atoms with Gasteiger partial charge >= 0.3 is 0 Å². The molecule has 4 bridgehead atoms. The molecule has 0 saturated heterocycles. The SMILES string of the molecule is Cc1cc(C)c(B(c2cccc(-c3ccc(C45CC6CC(C4)CC(c4ccc(-c7ccc8c(c7)-c7ccccc7C8)cc4)(C6)C5)cc3)c2)c2c(C)cc(C)cc2C)c(C)c1. The summed E-state index contributed by atoms with van der Waals surface area (Å²) >= 11 is 0. The quantitative estimate of drug-likeness (QED) is 0.141. The third-order valence-corrected chi connectivity index (χ3v) is 15.8. The van der Waals surface area contributed by atoms with Gasteiger partial charge in [0, 0.05) is 0 Å². The minimum Gasteiger partial charge on any atom is -0.0680 e. The molecule has 4 saturated carbocycles. The molecule has 2 atom stereocenters. The highest BCUT2D eigenvalue weighted by Gasteiger charge is 2.58. The molecular weight excluding hydrogens is 719 g/mol. The van der Waals surface area contributed by atoms with Crippen LogP contribution in [0.3, 0.4) is 0 Å². The van der Waals surface area contributed by atoms with E-state index in [0.29, 0.717) is 0 Å². The van der Waals surface area contributed by atoms with E-state index in [4.69, 9.17) is 0 Å². The number of hydrogen-bond acceptors (Lipinski definition) is 0. The van der Waals surface area contributed by atoms with Crippen molar-refractivity contribution in [1.29, 1.82) is 0 Å². The summed E-state index contributed by atoms with van der Waals surface area (Å²) in [4.78, 5) is 0. The fourth-order valence-electron chi connectivity index (χ4n) is 13.9. The predicted octanol–water partition coefficient (Wildman–Crippen LogP) is 12.7. The molecule has 0 N–H and O–H groups in total. The number of rotatable bonds is 7. The zero-order valence-electron chi connectivity index (χ0n) is 36.5. The molecular formula is C59H57B. The Labute approximate surface area is 359 Å². The standard InChI is InChI=1S/C59H57B/c1-37-24-39(3)56(40(4)25-37)60(57-41(5)26-38(2)27-42(57)6)53-12-9-11-47(30-53)45-16-20-51(21-17-45)58-32-43-28-44(33-58)35-59(34-43,36-58)52-22-18-46(19-23-52)48-14-15-50-29-49-10-7-8-13-54(49)55(50)31-48/h7-27,30-31,43-44H,28-29,32-36H2,1-6H3. The molecule has 2 unspecified atom stereocenters. The molecule has 60 heavy (non-hydrogen) atoms. The predicted molar refractivity (Wildman–Crippen MR) is 256 cm³/mol. The summed E-state index contributed by atoms with van der Waals surface area (Å²) in [6, 6.07) is 54.9. The lowest BCUT2D eigenvalue weighted by atomic mass is 9.34. The van der Waals surface area contributed by atoms with Crippen molar-refractivity contribution in [2.45, 2.75) is 97.3 Å². The average molecular weight is 777 g/mol. The van der Waals surface area contributed by atoms with Crippen LogP contribution in [0.4, 0.5) is 0 Å². The summed E-state index contributed by atoms with van der Waals surface area (Å²) in [7, 11) is 0. The molecule has 0 amide bonds. The fraction of sp³-hybridized carbons (Fsp3) is 0.288. The Morgan fingerprint density at radius 2 is 0.917 bits per heavy atom. The second-order valence-electron chi connectivity index (χ2n) is 20.1. The van der Waals surface area contributed by atoms with Crippen LogP contribution in [0.15, 0.2) is 140 Å². The van der Waals surface area contributed by atoms with E-state index in [1.807, 2.05) is 0 Å². The van der Waals surface area contributed by atoms with Gasteiger partial charge in [-0.1, -0.05) is 183 Å². The fourth-order valence-corrected chi connectivity index (χ4v) is 13.9. The van der Waals surface area contributed by atoms with Gasteiger partial charge in [0.05, 0.1) is 0 Å². The van der Waals surface area contributed by atoms with Gasteiger partial charge < -0.3 is 0 Å². The normalized spacial score (nSPS) is 22.2. The largest absolute Gasteiger partial charge is 0.242 e. The van der Waals surface area contributed by atoms with E-state index in [0.717, 1.165) is 18.3 Å². The van der Waals surface area contributed by atoms with Crippen molar-refractivity contribution in [3.63, 3.8) is 0 Å². The first kappa shape index (κ1) is 37.6. The van der Waals surface area contributed by atoms with Gasteiger partial charge in [-0.3, -0.25) is 0 Å². The highest BCUT2D eigenvalue weighted by Crippen LogP contribution is 2.66. The zero-order chi connectivity index (χ0) is 40.9. The molecule has 0 spiro atoms. The van der Waals surface area contributed by atoms with Crippen LogP contribution in [0.5, 0.6) is 0 Å². The highest BCUT2D eigenvalue weighted by molar-refractivity contribution is 6.96. The molecule has 12 rings (SSSR count). The van der Waals surface area contributed by atoms with E-state index >= 15 is 0 Å². The van der Waals surface area contributed by atoms with Crippen molar-refractivity contribution in [2.75, 3.05) is 0 Å². The summed E-state index contributed by atoms with van der Waals surface area (Å²) in [5.74, 6) is 1.64. The third-order valence-electron chi connectivity index (χ3n) is 15.8. The Balaban J connectivity index is 0.897. The Kier molecular flexibility index (Phi) is 8.83. The van der Waals surface area contributed by atoms with Crippen molar-refractivity contribution in [1.82, 2.24) is 0 Å². The molecule has 0 nitrogen and oxygen atoms in total. The van der Waals surface area contributed by atoms with E-state index in [1.54, 1.807) is 11.1 Å². The first-order chi connectivity index (χ1) is 29.0. The van der Waals surface area contributed by atoms with Gasteiger partial charge in [0.25, 0.3) is 0 Å². The molecule has 5 aliphatic carbocycles. The lowest BCUT2D eigenvalue weighted by molar-refractivity contribution is -0.0281. The molecule has 0 radical (unpaired) electrons. The minimum absolute atomic E-state index is 0.175. The Bertz CT molecular complexity index is 2700. The zero-order valence-corrected chi connectivity index (χ0v) is 36.5. The van der Waals surface area contributed by atoms with Crippen LogP contribution < -0.4 is 16.4 Å². The second-order valence-corrected chi connectivity index (χ2v) is 20.1. The van der Waals surface area contributed by atoms with Gasteiger partial charge in [0.15, 0.2) is 0 Å². The van der Waals surface area contributed by atoms with Crippen LogP contribution >= 0.6 is 0 Å². The maximum absolute atomic E-state index is 2.53. The van der Waals surface area contributed by atoms with Gasteiger partial charge in [0.1, 0.15) is 0 Å². The molecule has 7 aromatic carbocycles. The maximum atomic E-state index is 2.53. The van der Waals surface area contributed by atoms with Gasteiger partial charge in [-0.25, -0.2) is 0 Å². The molecule has 7 aromatic rings. The van der Waals surface area contributed by atoms with Gasteiger partial charge in [-0.05, 0) is 171 Å². The topological polar surface area (TPSA) is 0 Å². The molecule has 4 fully saturated rings. The van der Waals surface area contributed by atoms with Crippen molar-refractivity contribution >= 4 is 23.1 Å². The van der Waals surface area contributed by atoms with Crippen LogP contribution in [-0.2, 0) is 17.3 Å². The molecule has 0 aromatic heterocycles.